The lowest BCUT2D eigenvalue weighted by atomic mass is 10.1. The lowest BCUT2D eigenvalue weighted by Crippen LogP contribution is -2.36. The minimum atomic E-state index is -1.06. The molecule has 0 aromatic carbocycles. The van der Waals surface area contributed by atoms with Crippen molar-refractivity contribution in [3.63, 3.8) is 0 Å². The van der Waals surface area contributed by atoms with Crippen LogP contribution in [0, 0.1) is 12.8 Å². The highest BCUT2D eigenvalue weighted by molar-refractivity contribution is 7.10. The Hall–Kier alpha value is -1.36. The highest BCUT2D eigenvalue weighted by Gasteiger charge is 2.23. The Labute approximate surface area is 105 Å². The van der Waals surface area contributed by atoms with Crippen molar-refractivity contribution in [3.05, 3.63) is 21.9 Å². The minimum Gasteiger partial charge on any atom is -0.481 e. The van der Waals surface area contributed by atoms with Gasteiger partial charge in [0.05, 0.1) is 0 Å². The Morgan fingerprint density at radius 1 is 1.53 bits per heavy atom. The van der Waals surface area contributed by atoms with Gasteiger partial charge in [-0.25, -0.2) is 0 Å². The quantitative estimate of drug-likeness (QED) is 0.762. The van der Waals surface area contributed by atoms with Gasteiger partial charge in [-0.1, -0.05) is 6.92 Å². The molecule has 0 aliphatic rings. The fourth-order valence-electron chi connectivity index (χ4n) is 1.55. The molecule has 0 fully saturated rings. The average molecular weight is 255 g/mol. The number of hydrogen-bond acceptors (Lipinski definition) is 3. The third-order valence-corrected chi connectivity index (χ3v) is 3.73. The van der Waals surface area contributed by atoms with E-state index < -0.39 is 17.8 Å². The molecule has 94 valence electrons. The fourth-order valence-corrected chi connectivity index (χ4v) is 2.47. The highest BCUT2D eigenvalue weighted by atomic mass is 32.1. The maximum Gasteiger partial charge on any atom is 0.316 e. The summed E-state index contributed by atoms with van der Waals surface area (Å²) in [4.78, 5) is 23.5. The highest BCUT2D eigenvalue weighted by Crippen LogP contribution is 2.15. The molecule has 17 heavy (non-hydrogen) atoms. The van der Waals surface area contributed by atoms with Crippen molar-refractivity contribution < 1.29 is 14.7 Å². The topological polar surface area (TPSA) is 66.4 Å². The van der Waals surface area contributed by atoms with Gasteiger partial charge in [0.2, 0.25) is 5.91 Å². The zero-order chi connectivity index (χ0) is 12.8. The molecule has 0 saturated carbocycles. The summed E-state index contributed by atoms with van der Waals surface area (Å²) in [6.45, 7) is 4.21. The molecule has 4 nitrogen and oxygen atoms in total. The Morgan fingerprint density at radius 3 is 2.71 bits per heavy atom. The second-order valence-corrected chi connectivity index (χ2v) is 4.87. The van der Waals surface area contributed by atoms with Gasteiger partial charge < -0.3 is 10.4 Å². The first-order valence-electron chi connectivity index (χ1n) is 5.59. The first-order valence-corrected chi connectivity index (χ1v) is 6.47. The van der Waals surface area contributed by atoms with E-state index in [0.29, 0.717) is 13.0 Å². The molecule has 0 radical (unpaired) electrons. The normalized spacial score (nSPS) is 12.1. The van der Waals surface area contributed by atoms with Gasteiger partial charge in [-0.3, -0.25) is 9.59 Å². The molecule has 1 atom stereocenters. The van der Waals surface area contributed by atoms with Crippen LogP contribution in [0.2, 0.25) is 0 Å². The summed E-state index contributed by atoms with van der Waals surface area (Å²) in [7, 11) is 0. The number of amides is 1. The van der Waals surface area contributed by atoms with Crippen LogP contribution in [0.3, 0.4) is 0 Å². The van der Waals surface area contributed by atoms with Gasteiger partial charge in [0, 0.05) is 11.4 Å². The Kier molecular flexibility index (Phi) is 5.15. The summed E-state index contributed by atoms with van der Waals surface area (Å²) < 4.78 is 0. The first-order chi connectivity index (χ1) is 8.06. The van der Waals surface area contributed by atoms with Crippen LogP contribution in [0.4, 0.5) is 0 Å². The lowest BCUT2D eigenvalue weighted by molar-refractivity contribution is -0.147. The molecule has 5 heteroatoms. The minimum absolute atomic E-state index is 0.319. The molecule has 1 heterocycles. The van der Waals surface area contributed by atoms with Crippen LogP contribution >= 0.6 is 11.3 Å². The van der Waals surface area contributed by atoms with Crippen LogP contribution in [0.25, 0.3) is 0 Å². The second kappa shape index (κ2) is 6.39. The zero-order valence-electron chi connectivity index (χ0n) is 10.0. The molecule has 1 rings (SSSR count). The van der Waals surface area contributed by atoms with Crippen LogP contribution in [-0.2, 0) is 16.0 Å². The summed E-state index contributed by atoms with van der Waals surface area (Å²) in [5.74, 6) is -2.38. The smallest absolute Gasteiger partial charge is 0.316 e. The molecule has 1 amide bonds. The van der Waals surface area contributed by atoms with Crippen molar-refractivity contribution in [2.45, 2.75) is 26.7 Å². The maximum atomic E-state index is 11.5. The SMILES string of the molecule is CCC(C(=O)O)C(=O)NCCc1sccc1C. The van der Waals surface area contributed by atoms with Gasteiger partial charge in [0.1, 0.15) is 5.92 Å². The van der Waals surface area contributed by atoms with Gasteiger partial charge in [-0.15, -0.1) is 11.3 Å². The average Bonchev–Trinajstić information content (AvgIpc) is 2.65. The van der Waals surface area contributed by atoms with Gasteiger partial charge in [0.15, 0.2) is 0 Å². The predicted octanol–water partition coefficient (Wildman–Crippen LogP) is 1.83. The third kappa shape index (κ3) is 3.85. The van der Waals surface area contributed by atoms with Crippen LogP contribution in [-0.4, -0.2) is 23.5 Å². The predicted molar refractivity (Wildman–Crippen MR) is 67.2 cm³/mol. The number of carboxylic acids is 1. The molecular weight excluding hydrogens is 238 g/mol. The summed E-state index contributed by atoms with van der Waals surface area (Å²) >= 11 is 1.65. The molecular formula is C12H17NO3S. The van der Waals surface area contributed by atoms with Crippen molar-refractivity contribution in [2.75, 3.05) is 6.54 Å². The molecule has 0 aliphatic carbocycles. The Morgan fingerprint density at radius 2 is 2.24 bits per heavy atom. The number of hydrogen-bond donors (Lipinski definition) is 2. The largest absolute Gasteiger partial charge is 0.481 e. The second-order valence-electron chi connectivity index (χ2n) is 3.87. The fraction of sp³-hybridized carbons (Fsp3) is 0.500. The van der Waals surface area contributed by atoms with Gasteiger partial charge in [0.25, 0.3) is 0 Å². The molecule has 0 saturated heterocycles. The number of aliphatic carboxylic acids is 1. The van der Waals surface area contributed by atoms with E-state index in [1.165, 1.54) is 10.4 Å². The summed E-state index contributed by atoms with van der Waals surface area (Å²) in [5.41, 5.74) is 1.22. The van der Waals surface area contributed by atoms with E-state index >= 15 is 0 Å². The van der Waals surface area contributed by atoms with Crippen LogP contribution < -0.4 is 5.32 Å². The van der Waals surface area contributed by atoms with Crippen molar-refractivity contribution in [2.24, 2.45) is 5.92 Å². The van der Waals surface area contributed by atoms with Crippen molar-refractivity contribution in [1.82, 2.24) is 5.32 Å². The lowest BCUT2D eigenvalue weighted by Gasteiger charge is -2.10. The van der Waals surface area contributed by atoms with E-state index in [4.69, 9.17) is 5.11 Å². The maximum absolute atomic E-state index is 11.5. The Bertz CT molecular complexity index is 400. The summed E-state index contributed by atoms with van der Waals surface area (Å²) in [6.07, 6.45) is 1.07. The number of carboxylic acid groups (broad SMARTS) is 1. The molecule has 0 bridgehead atoms. The first kappa shape index (κ1) is 13.7. The Balaban J connectivity index is 2.38. The number of thiophene rings is 1. The molecule has 0 aliphatic heterocycles. The molecule has 2 N–H and O–H groups in total. The van der Waals surface area contributed by atoms with Crippen molar-refractivity contribution >= 4 is 23.2 Å². The van der Waals surface area contributed by atoms with E-state index in [-0.39, 0.29) is 0 Å². The van der Waals surface area contributed by atoms with Crippen LogP contribution in [0.15, 0.2) is 11.4 Å². The molecule has 1 unspecified atom stereocenters. The van der Waals surface area contributed by atoms with Crippen molar-refractivity contribution in [1.29, 1.82) is 0 Å². The number of carbonyl (C=O) groups is 2. The molecule has 0 spiro atoms. The van der Waals surface area contributed by atoms with Crippen molar-refractivity contribution in [3.8, 4) is 0 Å². The van der Waals surface area contributed by atoms with E-state index in [1.807, 2.05) is 18.4 Å². The van der Waals surface area contributed by atoms with E-state index in [2.05, 4.69) is 5.32 Å². The van der Waals surface area contributed by atoms with E-state index in [1.54, 1.807) is 18.3 Å². The number of nitrogens with one attached hydrogen (secondary N) is 1. The molecule has 1 aromatic heterocycles. The number of aryl methyl sites for hydroxylation is 1. The number of rotatable bonds is 6. The zero-order valence-corrected chi connectivity index (χ0v) is 10.8. The third-order valence-electron chi connectivity index (χ3n) is 2.64. The molecule has 1 aromatic rings. The van der Waals surface area contributed by atoms with E-state index in [9.17, 15) is 9.59 Å². The monoisotopic (exact) mass is 255 g/mol. The van der Waals surface area contributed by atoms with Gasteiger partial charge in [-0.05, 0) is 36.8 Å². The van der Waals surface area contributed by atoms with Crippen LogP contribution in [0.5, 0.6) is 0 Å². The van der Waals surface area contributed by atoms with E-state index in [0.717, 1.165) is 6.42 Å². The summed E-state index contributed by atoms with van der Waals surface area (Å²) in [5, 5.41) is 13.5. The van der Waals surface area contributed by atoms with Gasteiger partial charge in [-0.2, -0.15) is 0 Å². The van der Waals surface area contributed by atoms with Gasteiger partial charge >= 0.3 is 5.97 Å². The number of carbonyl (C=O) groups excluding carboxylic acids is 1. The standard InChI is InChI=1S/C12H17NO3S/c1-3-9(12(15)16)11(14)13-6-4-10-8(2)5-7-17-10/h5,7,9H,3-4,6H2,1-2H3,(H,13,14)(H,15,16). The van der Waals surface area contributed by atoms with Crippen LogP contribution in [0.1, 0.15) is 23.8 Å². The summed E-state index contributed by atoms with van der Waals surface area (Å²) in [6, 6.07) is 2.04.